The van der Waals surface area contributed by atoms with Crippen LogP contribution in [0.15, 0.2) is 35.2 Å². The number of hydrogen-bond acceptors (Lipinski definition) is 3. The Kier molecular flexibility index (Phi) is 23.3. The van der Waals surface area contributed by atoms with Crippen molar-refractivity contribution in [2.45, 2.75) is 140 Å². The van der Waals surface area contributed by atoms with E-state index in [0.717, 1.165) is 12.8 Å². The van der Waals surface area contributed by atoms with E-state index in [1.165, 1.54) is 116 Å². The Morgan fingerprint density at radius 3 is 1.24 bits per heavy atom. The average Bonchev–Trinajstić information content (AvgIpc) is 2.80. The van der Waals surface area contributed by atoms with E-state index in [1.54, 1.807) is 30.3 Å². The van der Waals surface area contributed by atoms with Gasteiger partial charge >= 0.3 is 0 Å². The third-order valence-corrected chi connectivity index (χ3v) is 7.59. The van der Waals surface area contributed by atoms with Crippen LogP contribution in [-0.2, 0) is 14.3 Å². The van der Waals surface area contributed by atoms with Gasteiger partial charge in [-0.05, 0) is 18.6 Å². The molecule has 5 heteroatoms. The van der Waals surface area contributed by atoms with Gasteiger partial charge in [-0.1, -0.05) is 147 Å². The average molecular weight is 474 g/mol. The van der Waals surface area contributed by atoms with Crippen molar-refractivity contribution in [1.82, 2.24) is 0 Å². The molecule has 0 aliphatic carbocycles. The Morgan fingerprint density at radius 2 is 0.879 bits per heavy atom. The van der Waals surface area contributed by atoms with Gasteiger partial charge in [0.15, 0.2) is 0 Å². The van der Waals surface area contributed by atoms with Crippen LogP contribution in [0.25, 0.3) is 0 Å². The molecular weight excluding hydrogens is 423 g/mol. The summed E-state index contributed by atoms with van der Waals surface area (Å²) < 4.78 is 29.1. The van der Waals surface area contributed by atoms with Crippen molar-refractivity contribution >= 4 is 29.0 Å². The van der Waals surface area contributed by atoms with Crippen molar-refractivity contribution in [3.05, 3.63) is 30.3 Å². The van der Waals surface area contributed by atoms with Gasteiger partial charge in [0.25, 0.3) is 10.1 Å². The largest absolute Gasteiger partial charge is 0.296 e. The second-order valence-corrected chi connectivity index (χ2v) is 10.9. The summed E-state index contributed by atoms with van der Waals surface area (Å²) >= 11 is 0. The number of benzene rings is 1. The zero-order valence-corrected chi connectivity index (χ0v) is 22.7. The standard InChI is InChI=1S/C28H50O3S.Li/c1-2-3-4-5-6-7-8-9-10-11-12-13-14-15-16-17-18-19-20-24-27-31-32(29,30)28-25-22-21-23-26-28;/h21-23,25-26H,2-20,24,27H2,1H3;. The monoisotopic (exact) mass is 473 g/mol. The van der Waals surface area contributed by atoms with Gasteiger partial charge in [0.2, 0.25) is 0 Å². The minimum Gasteiger partial charge on any atom is -0.266 e. The fraction of sp³-hybridized carbons (Fsp3) is 0.786. The van der Waals surface area contributed by atoms with Crippen molar-refractivity contribution in [3.8, 4) is 0 Å². The Bertz CT molecular complexity index is 619. The van der Waals surface area contributed by atoms with Crippen molar-refractivity contribution < 1.29 is 12.6 Å². The predicted octanol–water partition coefficient (Wildman–Crippen LogP) is 8.83. The Morgan fingerprint density at radius 1 is 0.545 bits per heavy atom. The van der Waals surface area contributed by atoms with E-state index in [-0.39, 0.29) is 30.4 Å². The zero-order valence-electron chi connectivity index (χ0n) is 21.9. The third-order valence-electron chi connectivity index (χ3n) is 6.27. The minimum absolute atomic E-state index is 0. The molecule has 0 fully saturated rings. The van der Waals surface area contributed by atoms with Gasteiger partial charge in [-0.3, -0.25) is 4.18 Å². The molecular formula is C28H50LiO3S. The van der Waals surface area contributed by atoms with Crippen LogP contribution in [-0.4, -0.2) is 33.9 Å². The summed E-state index contributed by atoms with van der Waals surface area (Å²) in [6.07, 6.45) is 26.8. The first-order chi connectivity index (χ1) is 15.7. The van der Waals surface area contributed by atoms with Crippen LogP contribution in [0.4, 0.5) is 0 Å². The van der Waals surface area contributed by atoms with E-state index < -0.39 is 10.1 Å². The number of hydrogen-bond donors (Lipinski definition) is 0. The summed E-state index contributed by atoms with van der Waals surface area (Å²) in [6.45, 7) is 2.57. The summed E-state index contributed by atoms with van der Waals surface area (Å²) in [6, 6.07) is 8.39. The van der Waals surface area contributed by atoms with Crippen LogP contribution >= 0.6 is 0 Å². The topological polar surface area (TPSA) is 43.4 Å². The van der Waals surface area contributed by atoms with Crippen molar-refractivity contribution in [2.24, 2.45) is 0 Å². The van der Waals surface area contributed by atoms with Crippen LogP contribution in [0.5, 0.6) is 0 Å². The minimum atomic E-state index is -3.59. The molecule has 0 heterocycles. The summed E-state index contributed by atoms with van der Waals surface area (Å²) in [5.41, 5.74) is 0. The molecule has 0 saturated heterocycles. The predicted molar refractivity (Wildman–Crippen MR) is 143 cm³/mol. The second-order valence-electron chi connectivity index (χ2n) is 9.31. The first-order valence-corrected chi connectivity index (χ1v) is 15.0. The Labute approximate surface area is 218 Å². The molecule has 1 radical (unpaired) electrons. The molecule has 1 aromatic carbocycles. The molecule has 1 aromatic rings. The van der Waals surface area contributed by atoms with Gasteiger partial charge in [0, 0.05) is 18.9 Å². The molecule has 0 spiro atoms. The summed E-state index contributed by atoms with van der Waals surface area (Å²) in [4.78, 5) is 0.244. The molecule has 0 aliphatic rings. The van der Waals surface area contributed by atoms with E-state index in [1.807, 2.05) is 0 Å². The van der Waals surface area contributed by atoms with Crippen molar-refractivity contribution in [2.75, 3.05) is 6.61 Å². The molecule has 187 valence electrons. The SMILES string of the molecule is CCCCCCCCCCCCCCCCCCCCCCOS(=O)(=O)c1ccccc1.[Li]. The fourth-order valence-electron chi connectivity index (χ4n) is 4.18. The van der Waals surface area contributed by atoms with Crippen molar-refractivity contribution in [3.63, 3.8) is 0 Å². The van der Waals surface area contributed by atoms with E-state index >= 15 is 0 Å². The number of unbranched alkanes of at least 4 members (excludes halogenated alkanes) is 19. The summed E-state index contributed by atoms with van der Waals surface area (Å²) in [5, 5.41) is 0. The number of rotatable bonds is 23. The molecule has 0 unspecified atom stereocenters. The van der Waals surface area contributed by atoms with Crippen LogP contribution in [0.2, 0.25) is 0 Å². The summed E-state index contributed by atoms with van der Waals surface area (Å²) in [5.74, 6) is 0. The Hall–Kier alpha value is -0.273. The van der Waals surface area contributed by atoms with Gasteiger partial charge < -0.3 is 0 Å². The summed E-state index contributed by atoms with van der Waals surface area (Å²) in [7, 11) is -3.59. The van der Waals surface area contributed by atoms with Crippen LogP contribution in [0.3, 0.4) is 0 Å². The molecule has 0 saturated carbocycles. The molecule has 0 amide bonds. The third kappa shape index (κ3) is 19.7. The molecule has 33 heavy (non-hydrogen) atoms. The maximum Gasteiger partial charge on any atom is 0.296 e. The zero-order chi connectivity index (χ0) is 23.2. The first kappa shape index (κ1) is 32.7. The fourth-order valence-corrected chi connectivity index (χ4v) is 5.14. The van der Waals surface area contributed by atoms with Gasteiger partial charge in [0.1, 0.15) is 0 Å². The van der Waals surface area contributed by atoms with Crippen molar-refractivity contribution in [1.29, 1.82) is 0 Å². The second kappa shape index (κ2) is 23.5. The normalized spacial score (nSPS) is 11.4. The first-order valence-electron chi connectivity index (χ1n) is 13.6. The quantitative estimate of drug-likeness (QED) is 0.0905. The van der Waals surface area contributed by atoms with Gasteiger partial charge in [-0.25, -0.2) is 0 Å². The van der Waals surface area contributed by atoms with E-state index in [2.05, 4.69) is 6.92 Å². The van der Waals surface area contributed by atoms with E-state index in [0.29, 0.717) is 0 Å². The maximum atomic E-state index is 12.0. The molecule has 3 nitrogen and oxygen atoms in total. The Balaban J connectivity index is 0.0000102. The molecule has 0 bridgehead atoms. The molecule has 1 rings (SSSR count). The van der Waals surface area contributed by atoms with Crippen LogP contribution in [0, 0.1) is 0 Å². The molecule has 0 atom stereocenters. The van der Waals surface area contributed by atoms with E-state index in [4.69, 9.17) is 4.18 Å². The molecule has 0 aromatic heterocycles. The van der Waals surface area contributed by atoms with E-state index in [9.17, 15) is 8.42 Å². The van der Waals surface area contributed by atoms with Crippen LogP contribution < -0.4 is 0 Å². The maximum absolute atomic E-state index is 12.0. The smallest absolute Gasteiger partial charge is 0.266 e. The molecule has 0 N–H and O–H groups in total. The van der Waals surface area contributed by atoms with Gasteiger partial charge in [-0.15, -0.1) is 0 Å². The van der Waals surface area contributed by atoms with Crippen LogP contribution in [0.1, 0.15) is 135 Å². The van der Waals surface area contributed by atoms with Gasteiger partial charge in [-0.2, -0.15) is 8.42 Å². The molecule has 0 aliphatic heterocycles. The van der Waals surface area contributed by atoms with Gasteiger partial charge in [0.05, 0.1) is 11.5 Å².